The number of benzene rings is 4. The number of aromatic nitrogens is 12. The molecule has 4 saturated carbocycles. The Hall–Kier alpha value is -14.0. The average molecular weight is 1570 g/mol. The largest absolute Gasteiger partial charge is 0.476 e. The van der Waals surface area contributed by atoms with E-state index in [0.29, 0.717) is 72.1 Å². The Bertz CT molecular complexity index is 5270. The number of nitrogens with zero attached hydrogens (tertiary/aromatic N) is 12. The quantitative estimate of drug-likeness (QED) is 0.0462. The molecule has 0 saturated heterocycles. The molecule has 117 heavy (non-hydrogen) atoms. The molecule has 12 atom stereocenters. The number of nitrogens with two attached hydrogens (primary N) is 1. The van der Waals surface area contributed by atoms with Crippen molar-refractivity contribution in [2.45, 2.75) is 99.2 Å². The number of nitrogens with one attached hydrogen (secondary N) is 7. The van der Waals surface area contributed by atoms with Gasteiger partial charge in [0, 0.05) is 101 Å². The fourth-order valence-corrected chi connectivity index (χ4v) is 16.4. The number of amides is 7. The van der Waals surface area contributed by atoms with Crippen molar-refractivity contribution in [3.8, 4) is 0 Å². The number of carbonyl (C=O) groups excluding carboxylic acids is 7. The zero-order valence-corrected chi connectivity index (χ0v) is 64.5. The fourth-order valence-electron chi connectivity index (χ4n) is 16.4. The predicted octanol–water partition coefficient (Wildman–Crippen LogP) is 9.01. The van der Waals surface area contributed by atoms with Crippen LogP contribution < -0.4 is 41.3 Å². The van der Waals surface area contributed by atoms with Gasteiger partial charge in [-0.25, -0.2) is 24.7 Å². The number of H-pyrrole nitrogens is 4. The van der Waals surface area contributed by atoms with E-state index in [4.69, 9.17) is 10.8 Å². The van der Waals surface area contributed by atoms with Gasteiger partial charge in [-0.1, -0.05) is 146 Å². The number of rotatable bonds is 15. The molecule has 8 aromatic heterocycles. The summed E-state index contributed by atoms with van der Waals surface area (Å²) in [6, 6.07) is 60.2. The van der Waals surface area contributed by atoms with E-state index in [0.717, 1.165) is 93.2 Å². The highest BCUT2D eigenvalue weighted by Gasteiger charge is 2.56. The number of hydrogen-bond acceptors (Lipinski definition) is 17. The molecule has 4 fully saturated rings. The zero-order chi connectivity index (χ0) is 81.1. The molecule has 3 unspecified atom stereocenters. The molecule has 10 N–H and O–H groups in total. The molecular formula is C88H86N20O9. The average Bonchev–Trinajstić information content (AvgIpc) is 1.61. The summed E-state index contributed by atoms with van der Waals surface area (Å²) < 4.78 is 0. The fraction of sp³-hybridized carbons (Fsp3) is 0.273. The van der Waals surface area contributed by atoms with E-state index in [1.54, 1.807) is 96.8 Å². The molecule has 4 aliphatic heterocycles. The van der Waals surface area contributed by atoms with Crippen LogP contribution in [0, 0.1) is 23.7 Å². The molecule has 0 bridgehead atoms. The Morgan fingerprint density at radius 1 is 0.359 bits per heavy atom. The van der Waals surface area contributed by atoms with Gasteiger partial charge in [0.05, 0.1) is 6.04 Å². The van der Waals surface area contributed by atoms with Crippen molar-refractivity contribution in [2.24, 2.45) is 29.4 Å². The molecule has 7 amide bonds. The van der Waals surface area contributed by atoms with Crippen LogP contribution >= 0.6 is 0 Å². The maximum Gasteiger partial charge on any atom is 0.356 e. The summed E-state index contributed by atoms with van der Waals surface area (Å²) >= 11 is 0. The molecule has 4 aliphatic carbocycles. The summed E-state index contributed by atoms with van der Waals surface area (Å²) in [4.78, 5) is 124. The summed E-state index contributed by atoms with van der Waals surface area (Å²) in [5.74, 6) is 2.23. The van der Waals surface area contributed by atoms with Gasteiger partial charge in [-0.15, -0.1) is 0 Å². The monoisotopic (exact) mass is 1570 g/mol. The van der Waals surface area contributed by atoms with Crippen LogP contribution in [0.5, 0.6) is 0 Å². The van der Waals surface area contributed by atoms with Gasteiger partial charge in [-0.05, 0) is 166 Å². The lowest BCUT2D eigenvalue weighted by molar-refractivity contribution is -0.121. The van der Waals surface area contributed by atoms with Crippen LogP contribution in [0.3, 0.4) is 0 Å². The van der Waals surface area contributed by atoms with Crippen molar-refractivity contribution in [3.63, 3.8) is 0 Å². The van der Waals surface area contributed by atoms with Crippen LogP contribution in [0.2, 0.25) is 0 Å². The molecule has 0 spiro atoms. The topological polar surface area (TPSA) is 398 Å². The highest BCUT2D eigenvalue weighted by Crippen LogP contribution is 2.57. The zero-order valence-electron chi connectivity index (χ0n) is 64.5. The highest BCUT2D eigenvalue weighted by molar-refractivity contribution is 6.05. The van der Waals surface area contributed by atoms with Gasteiger partial charge in [0.2, 0.25) is 5.91 Å². The summed E-state index contributed by atoms with van der Waals surface area (Å²) in [6.45, 7) is 0. The molecule has 12 aromatic rings. The maximum absolute atomic E-state index is 13.0. The van der Waals surface area contributed by atoms with E-state index < -0.39 is 24.1 Å². The molecule has 12 heterocycles. The minimum atomic E-state index is -1.01. The molecule has 0 radical (unpaired) electrons. The minimum absolute atomic E-state index is 0.0139. The molecule has 8 aliphatic rings. The van der Waals surface area contributed by atoms with Gasteiger partial charge in [0.25, 0.3) is 35.4 Å². The SMILES string of the molecule is CN1C(=O)[C@@H](N)C2C[C@H]2c2cccnc21.CN1C(=O)[C@@H](NC(=O)c2cc(Cc3ccccc3)[nH]n2)C2C[C@H]2c2cccnc21.CN1C(=O)[C@@H](NC(=O)c2cc(Cc3ccccc3)[nH]n2)C2C[C@H]2c2cccnc21.CN1C(=O)[C@H](NC(=O)c2cc(Cc3ccccc3)[nH]n2)[C@@H]2C[C@@H]2c2cccnc21.O=C(O)c1cc(Cc2ccccc2)[nH]n1. The van der Waals surface area contributed by atoms with E-state index in [9.17, 15) is 38.4 Å². The lowest BCUT2D eigenvalue weighted by Crippen LogP contribution is -2.48. The van der Waals surface area contributed by atoms with Gasteiger partial charge in [-0.3, -0.25) is 73.6 Å². The number of likely N-dealkylation sites (N-methyl/N-ethyl adjacent to an activating group) is 4. The molecular weight excluding hydrogens is 1480 g/mol. The van der Waals surface area contributed by atoms with Crippen LogP contribution in [0.4, 0.5) is 23.3 Å². The van der Waals surface area contributed by atoms with Crippen molar-refractivity contribution in [1.82, 2.24) is 76.7 Å². The van der Waals surface area contributed by atoms with E-state index >= 15 is 0 Å². The van der Waals surface area contributed by atoms with Crippen molar-refractivity contribution in [3.05, 3.63) is 309 Å². The third-order valence-electron chi connectivity index (χ3n) is 22.9. The first-order valence-electron chi connectivity index (χ1n) is 38.9. The highest BCUT2D eigenvalue weighted by atomic mass is 16.4. The minimum Gasteiger partial charge on any atom is -0.476 e. The van der Waals surface area contributed by atoms with Crippen LogP contribution in [-0.4, -0.2) is 166 Å². The predicted molar refractivity (Wildman–Crippen MR) is 434 cm³/mol. The second-order valence-corrected chi connectivity index (χ2v) is 30.7. The number of carboxylic acids is 1. The Morgan fingerprint density at radius 2 is 0.607 bits per heavy atom. The van der Waals surface area contributed by atoms with Crippen molar-refractivity contribution in [1.29, 1.82) is 0 Å². The van der Waals surface area contributed by atoms with Gasteiger partial charge in [0.1, 0.15) is 58.5 Å². The van der Waals surface area contributed by atoms with Gasteiger partial charge >= 0.3 is 5.97 Å². The normalized spacial score (nSPS) is 22.2. The van der Waals surface area contributed by atoms with Gasteiger partial charge in [-0.2, -0.15) is 20.4 Å². The molecule has 592 valence electrons. The van der Waals surface area contributed by atoms with E-state index in [1.165, 1.54) is 5.56 Å². The number of carbonyl (C=O) groups is 8. The molecule has 29 heteroatoms. The number of carboxylic acid groups (broad SMARTS) is 1. The molecule has 20 rings (SSSR count). The van der Waals surface area contributed by atoms with E-state index in [-0.39, 0.29) is 88.6 Å². The van der Waals surface area contributed by atoms with Crippen LogP contribution in [0.25, 0.3) is 0 Å². The van der Waals surface area contributed by atoms with Crippen LogP contribution in [0.1, 0.15) is 159 Å². The first kappa shape index (κ1) is 77.0. The first-order valence-corrected chi connectivity index (χ1v) is 38.9. The Kier molecular flexibility index (Phi) is 21.9. The maximum atomic E-state index is 13.0. The molecule has 4 aromatic carbocycles. The number of aromatic amines is 4. The van der Waals surface area contributed by atoms with Crippen LogP contribution in [0.15, 0.2) is 219 Å². The smallest absolute Gasteiger partial charge is 0.356 e. The third-order valence-corrected chi connectivity index (χ3v) is 22.9. The lowest BCUT2D eigenvalue weighted by atomic mass is 10.1. The summed E-state index contributed by atoms with van der Waals surface area (Å²) in [5, 5.41) is 45.0. The summed E-state index contributed by atoms with van der Waals surface area (Å²) in [5.41, 5.74) is 19.2. The lowest BCUT2D eigenvalue weighted by Gasteiger charge is -2.22. The summed E-state index contributed by atoms with van der Waals surface area (Å²) in [6.07, 6.45) is 13.1. The van der Waals surface area contributed by atoms with Crippen LogP contribution in [-0.2, 0) is 44.9 Å². The van der Waals surface area contributed by atoms with Gasteiger partial charge < -0.3 is 26.8 Å². The number of hydrogen-bond donors (Lipinski definition) is 9. The standard InChI is InChI=1S/3C22H21N5O2.C11H13N3O.C11H10N2O2/c3*1-27-20-15(8-5-9-23-20)16-12-17(16)19(22(27)29)24-21(28)18-11-14(25-26-18)10-13-6-3-2-4-7-13;1-14-10-6(3-2-4-13-10)7-5-8(7)9(12)11(14)15;14-11(15)10-7-9(12-13-10)6-8-4-2-1-3-5-8/h3*2-9,11,16-17,19H,10,12H2,1H3,(H,24,28)(H,25,26);2-4,7-9H,5,12H2,1H3;1-5,7H,6H2,(H,12,13)(H,14,15)/t2*16-,17?,19-;16-,17-,19-;7-,8?,9-;/m0010./s1. The number of fused-ring (bicyclic) bond motifs is 12. The van der Waals surface area contributed by atoms with Gasteiger partial charge in [0.15, 0.2) is 5.69 Å². The first-order chi connectivity index (χ1) is 56.8. The number of aromatic carboxylic acids is 1. The van der Waals surface area contributed by atoms with Crippen molar-refractivity contribution < 1.29 is 43.5 Å². The Labute approximate surface area is 672 Å². The van der Waals surface area contributed by atoms with E-state index in [1.807, 2.05) is 164 Å². The number of anilines is 4. The van der Waals surface area contributed by atoms with Crippen molar-refractivity contribution in [2.75, 3.05) is 47.8 Å². The van der Waals surface area contributed by atoms with Crippen molar-refractivity contribution >= 4 is 70.6 Å². The Balaban J connectivity index is 0.000000112. The second kappa shape index (κ2) is 33.2. The second-order valence-electron chi connectivity index (χ2n) is 30.7. The van der Waals surface area contributed by atoms with E-state index in [2.05, 4.69) is 82.7 Å². The third kappa shape index (κ3) is 16.9. The number of pyridine rings is 4. The Morgan fingerprint density at radius 3 is 0.880 bits per heavy atom. The summed E-state index contributed by atoms with van der Waals surface area (Å²) in [7, 11) is 6.89. The molecule has 29 nitrogen and oxygen atoms in total.